The van der Waals surface area contributed by atoms with Gasteiger partial charge >= 0.3 is 0 Å². The van der Waals surface area contributed by atoms with Gasteiger partial charge in [-0.05, 0) is 18.2 Å². The Morgan fingerprint density at radius 3 is 1.80 bits per heavy atom. The summed E-state index contributed by atoms with van der Waals surface area (Å²) in [4.78, 5) is 3.48. The van der Waals surface area contributed by atoms with Gasteiger partial charge < -0.3 is 17.2 Å². The molecule has 13 heteroatoms. The lowest BCUT2D eigenvalue weighted by atomic mass is 10.7. The first-order chi connectivity index (χ1) is 11.5. The molecular weight excluding hydrogens is 348 g/mol. The van der Waals surface area contributed by atoms with Crippen molar-refractivity contribution in [1.29, 1.82) is 10.8 Å². The van der Waals surface area contributed by atoms with Crippen LogP contribution in [-0.4, -0.2) is 47.6 Å². The molecule has 12 nitrogen and oxygen atoms in total. The van der Waals surface area contributed by atoms with Crippen molar-refractivity contribution >= 4 is 30.3 Å². The van der Waals surface area contributed by atoms with Crippen LogP contribution in [0.2, 0.25) is 0 Å². The summed E-state index contributed by atoms with van der Waals surface area (Å²) < 4.78 is 2.53. The Morgan fingerprint density at radius 2 is 1.52 bits per heavy atom. The standard InChI is InChI=1S/C5H8N6.C4H6N4.C3H4N2.ClH/c6-4(7)10-5(8)11-3-1-2-9-11;5-4(6)8-3-1-2-7-8;1-2-4-5-3-1;/h1-3H,(H5,6,7,8,10);1-3H,(H3,5,6);1-3H,(H,4,5);1H. The number of nitrogen functional groups attached to an aromatic ring is 1. The van der Waals surface area contributed by atoms with E-state index in [2.05, 4.69) is 25.4 Å². The van der Waals surface area contributed by atoms with Gasteiger partial charge in [-0.2, -0.15) is 20.3 Å². The number of aromatic amines is 1. The molecule has 3 aromatic rings. The molecule has 0 radical (unpaired) electrons. The molecule has 0 saturated heterocycles. The summed E-state index contributed by atoms with van der Waals surface area (Å²) >= 11 is 0. The summed E-state index contributed by atoms with van der Waals surface area (Å²) in [5, 5.41) is 27.7. The molecular formula is C12H19ClN12. The predicted octanol–water partition coefficient (Wildman–Crippen LogP) is -0.604. The molecule has 0 spiro atoms. The van der Waals surface area contributed by atoms with E-state index in [4.69, 9.17) is 28.0 Å². The van der Waals surface area contributed by atoms with Crippen LogP contribution in [0.1, 0.15) is 0 Å². The molecule has 25 heavy (non-hydrogen) atoms. The number of aromatic nitrogens is 6. The summed E-state index contributed by atoms with van der Waals surface area (Å²) in [6.45, 7) is 0. The maximum absolute atomic E-state index is 7.23. The Labute approximate surface area is 149 Å². The third kappa shape index (κ3) is 9.14. The lowest BCUT2D eigenvalue weighted by molar-refractivity contribution is 0.911. The number of halogens is 1. The fourth-order valence-corrected chi connectivity index (χ4v) is 1.19. The summed E-state index contributed by atoms with van der Waals surface area (Å²) in [7, 11) is 0. The first-order valence-corrected chi connectivity index (χ1v) is 6.46. The summed E-state index contributed by atoms with van der Waals surface area (Å²) in [5.41, 5.74) is 15.1. The fraction of sp³-hybridized carbons (Fsp3) is 0. The van der Waals surface area contributed by atoms with Crippen molar-refractivity contribution in [3.8, 4) is 0 Å². The third-order valence-electron chi connectivity index (χ3n) is 2.11. The molecule has 3 aromatic heterocycles. The van der Waals surface area contributed by atoms with Crippen molar-refractivity contribution in [3.05, 3.63) is 55.4 Å². The first kappa shape index (κ1) is 21.3. The maximum Gasteiger partial charge on any atom is 0.246 e. The normalized spacial score (nSPS) is 8.48. The second-order valence-corrected chi connectivity index (χ2v) is 3.91. The van der Waals surface area contributed by atoms with E-state index in [1.807, 2.05) is 6.07 Å². The number of guanidine groups is 1. The molecule has 0 unspecified atom stereocenters. The Kier molecular flexibility index (Phi) is 10.1. The molecule has 0 fully saturated rings. The highest BCUT2D eigenvalue weighted by molar-refractivity contribution is 5.92. The Hall–Kier alpha value is -3.67. The van der Waals surface area contributed by atoms with Crippen LogP contribution in [0.3, 0.4) is 0 Å². The average molecular weight is 367 g/mol. The Bertz CT molecular complexity index is 708. The molecule has 0 atom stereocenters. The van der Waals surface area contributed by atoms with Crippen LogP contribution >= 0.6 is 12.4 Å². The molecule has 9 N–H and O–H groups in total. The van der Waals surface area contributed by atoms with Gasteiger partial charge in [0.2, 0.25) is 11.9 Å². The minimum absolute atomic E-state index is 0. The van der Waals surface area contributed by atoms with E-state index in [-0.39, 0.29) is 30.3 Å². The number of hydrogen-bond acceptors (Lipinski definition) is 5. The highest BCUT2D eigenvalue weighted by atomic mass is 35.5. The van der Waals surface area contributed by atoms with Crippen molar-refractivity contribution in [2.45, 2.75) is 0 Å². The molecule has 3 heterocycles. The van der Waals surface area contributed by atoms with Crippen LogP contribution in [0, 0.1) is 10.8 Å². The zero-order chi connectivity index (χ0) is 17.8. The molecule has 0 aromatic carbocycles. The van der Waals surface area contributed by atoms with E-state index in [9.17, 15) is 0 Å². The number of nitrogens with zero attached hydrogens (tertiary/aromatic N) is 6. The van der Waals surface area contributed by atoms with E-state index in [1.165, 1.54) is 15.6 Å². The monoisotopic (exact) mass is 366 g/mol. The zero-order valence-electron chi connectivity index (χ0n) is 13.0. The Balaban J connectivity index is 0.000000362. The molecule has 0 saturated carbocycles. The number of rotatable bonds is 0. The van der Waals surface area contributed by atoms with Gasteiger partial charge in [0.15, 0.2) is 5.96 Å². The van der Waals surface area contributed by atoms with Crippen LogP contribution in [-0.2, 0) is 0 Å². The minimum Gasteiger partial charge on any atom is -0.370 e. The molecule has 3 rings (SSSR count). The number of aliphatic imine (C=N–C) groups is 1. The second-order valence-electron chi connectivity index (χ2n) is 3.91. The van der Waals surface area contributed by atoms with Crippen LogP contribution in [0.25, 0.3) is 0 Å². The molecule has 0 amide bonds. The second kappa shape index (κ2) is 11.8. The summed E-state index contributed by atoms with van der Waals surface area (Å²) in [6.07, 6.45) is 9.76. The van der Waals surface area contributed by atoms with E-state index in [0.29, 0.717) is 0 Å². The fourth-order valence-electron chi connectivity index (χ4n) is 1.19. The summed E-state index contributed by atoms with van der Waals surface area (Å²) in [6, 6.07) is 5.22. The number of hydrogen-bond donors (Lipinski definition) is 6. The van der Waals surface area contributed by atoms with Gasteiger partial charge in [0.05, 0.1) is 0 Å². The van der Waals surface area contributed by atoms with Gasteiger partial charge in [-0.1, -0.05) is 0 Å². The highest BCUT2D eigenvalue weighted by Crippen LogP contribution is 1.84. The van der Waals surface area contributed by atoms with Crippen molar-refractivity contribution in [3.63, 3.8) is 0 Å². The van der Waals surface area contributed by atoms with Gasteiger partial charge in [-0.3, -0.25) is 15.9 Å². The van der Waals surface area contributed by atoms with Crippen LogP contribution < -0.4 is 17.2 Å². The minimum atomic E-state index is -0.148. The highest BCUT2D eigenvalue weighted by Gasteiger charge is 1.95. The molecule has 0 bridgehead atoms. The van der Waals surface area contributed by atoms with E-state index in [1.54, 1.807) is 43.1 Å². The lowest BCUT2D eigenvalue weighted by Gasteiger charge is -1.95. The SMILES string of the molecule is Cl.N=C(N)n1cccn1.N=C(N=C(N)N)n1cccn1.c1cn[nH]c1. The number of H-pyrrole nitrogens is 1. The first-order valence-electron chi connectivity index (χ1n) is 6.46. The lowest BCUT2D eigenvalue weighted by Crippen LogP contribution is -2.25. The van der Waals surface area contributed by atoms with Crippen molar-refractivity contribution in [1.82, 2.24) is 29.8 Å². The predicted molar refractivity (Wildman–Crippen MR) is 96.5 cm³/mol. The van der Waals surface area contributed by atoms with Crippen LogP contribution in [0.4, 0.5) is 0 Å². The van der Waals surface area contributed by atoms with Gasteiger partial charge in [0.1, 0.15) is 0 Å². The van der Waals surface area contributed by atoms with E-state index in [0.717, 1.165) is 0 Å². The van der Waals surface area contributed by atoms with Crippen LogP contribution in [0.15, 0.2) is 60.4 Å². The van der Waals surface area contributed by atoms with E-state index >= 15 is 0 Å². The van der Waals surface area contributed by atoms with Gasteiger partial charge in [-0.15, -0.1) is 12.4 Å². The summed E-state index contributed by atoms with van der Waals surface area (Å²) in [5.74, 6) is -0.310. The molecule has 0 aliphatic heterocycles. The van der Waals surface area contributed by atoms with E-state index < -0.39 is 0 Å². The van der Waals surface area contributed by atoms with Gasteiger partial charge in [0.25, 0.3) is 0 Å². The molecule has 0 aliphatic carbocycles. The van der Waals surface area contributed by atoms with Gasteiger partial charge in [-0.25, -0.2) is 9.36 Å². The largest absolute Gasteiger partial charge is 0.370 e. The molecule has 0 aliphatic rings. The smallest absolute Gasteiger partial charge is 0.246 e. The van der Waals surface area contributed by atoms with Crippen molar-refractivity contribution in [2.24, 2.45) is 22.2 Å². The number of nitrogens with two attached hydrogens (primary N) is 3. The quantitative estimate of drug-likeness (QED) is 0.226. The number of nitrogens with one attached hydrogen (secondary N) is 3. The van der Waals surface area contributed by atoms with Crippen LogP contribution in [0.5, 0.6) is 0 Å². The topological polar surface area (TPSA) is 202 Å². The maximum atomic E-state index is 7.23. The average Bonchev–Trinajstić information content (AvgIpc) is 3.30. The Morgan fingerprint density at radius 1 is 0.920 bits per heavy atom. The molecule has 134 valence electrons. The van der Waals surface area contributed by atoms with Gasteiger partial charge in [0, 0.05) is 37.2 Å². The van der Waals surface area contributed by atoms with Crippen molar-refractivity contribution < 1.29 is 0 Å². The van der Waals surface area contributed by atoms with Crippen molar-refractivity contribution in [2.75, 3.05) is 0 Å². The third-order valence-corrected chi connectivity index (χ3v) is 2.11. The zero-order valence-corrected chi connectivity index (χ0v) is 13.8.